The fourth-order valence-corrected chi connectivity index (χ4v) is 13.2. The van der Waals surface area contributed by atoms with Crippen molar-refractivity contribution in [2.75, 3.05) is 53.0 Å². The van der Waals surface area contributed by atoms with Crippen LogP contribution in [0.5, 0.6) is 0 Å². The molecule has 5 saturated carbocycles. The standard InChI is InChI=1S/C37H50N2O10/c1-7-38-17-34(18-49-32(42)20-10-8-9-11-23(20)39-26(40)14-19(2)31(39)41)13-12-25(46-4)36-22-15-21-24(45-3)16-35(43,27(22)28(21)47-5)37(44,33(36)38)30(48-6)29(34)36/h8-11,19,21-22,24-25,27-30,33,43-44H,7,12-18H2,1-6H3/t19-,21-,22-,24+,25-,27-,28+,29-,30+,33-,34-,35+,36+,37-/m1/s1. The maximum Gasteiger partial charge on any atom is 0.340 e. The van der Waals surface area contributed by atoms with E-state index in [-0.39, 0.29) is 84.5 Å². The number of ether oxygens (including phenoxy) is 5. The summed E-state index contributed by atoms with van der Waals surface area (Å²) in [6.07, 6.45) is 0.813. The molecule has 8 rings (SSSR count). The number of aliphatic hydroxyl groups is 2. The van der Waals surface area contributed by atoms with Crippen molar-refractivity contribution in [1.29, 1.82) is 0 Å². The van der Waals surface area contributed by atoms with Gasteiger partial charge in [0.05, 0.1) is 48.3 Å². The summed E-state index contributed by atoms with van der Waals surface area (Å²) in [7, 11) is 6.70. The van der Waals surface area contributed by atoms with E-state index >= 15 is 0 Å². The van der Waals surface area contributed by atoms with Crippen LogP contribution < -0.4 is 4.90 Å². The predicted octanol–water partition coefficient (Wildman–Crippen LogP) is 2.04. The lowest BCUT2D eigenvalue weighted by atomic mass is 9.42. The molecule has 2 saturated heterocycles. The zero-order valence-electron chi connectivity index (χ0n) is 29.3. The van der Waals surface area contributed by atoms with Crippen molar-refractivity contribution in [2.24, 2.45) is 40.4 Å². The molecule has 2 N–H and O–H groups in total. The topological polar surface area (TPSA) is 144 Å². The molecule has 5 aliphatic carbocycles. The second-order valence-corrected chi connectivity index (χ2v) is 16.0. The number of benzene rings is 1. The van der Waals surface area contributed by atoms with Crippen LogP contribution in [0.15, 0.2) is 24.3 Å². The summed E-state index contributed by atoms with van der Waals surface area (Å²) in [6.45, 7) is 4.95. The first-order valence-electron chi connectivity index (χ1n) is 17.9. The van der Waals surface area contributed by atoms with Gasteiger partial charge in [-0.15, -0.1) is 0 Å². The number of rotatable bonds is 9. The highest BCUT2D eigenvalue weighted by atomic mass is 16.5. The molecular formula is C37H50N2O10. The first-order valence-corrected chi connectivity index (χ1v) is 17.9. The van der Waals surface area contributed by atoms with Crippen LogP contribution in [0.3, 0.4) is 0 Å². The van der Waals surface area contributed by atoms with Crippen LogP contribution in [0.2, 0.25) is 0 Å². The number of likely N-dealkylation sites (N-methyl/N-ethyl adjacent to an activating group) is 1. The van der Waals surface area contributed by atoms with E-state index in [0.29, 0.717) is 25.9 Å². The molecule has 0 unspecified atom stereocenters. The zero-order chi connectivity index (χ0) is 34.8. The lowest BCUT2D eigenvalue weighted by Gasteiger charge is -2.70. The molecule has 14 atom stereocenters. The van der Waals surface area contributed by atoms with Crippen molar-refractivity contribution < 1.29 is 48.3 Å². The van der Waals surface area contributed by atoms with E-state index < -0.39 is 46.1 Å². The highest BCUT2D eigenvalue weighted by Crippen LogP contribution is 2.80. The Morgan fingerprint density at radius 1 is 1.04 bits per heavy atom. The van der Waals surface area contributed by atoms with Gasteiger partial charge in [0.1, 0.15) is 11.2 Å². The molecule has 12 nitrogen and oxygen atoms in total. The van der Waals surface area contributed by atoms with Gasteiger partial charge in [-0.3, -0.25) is 14.5 Å². The molecule has 7 bridgehead atoms. The van der Waals surface area contributed by atoms with Gasteiger partial charge in [0.25, 0.3) is 0 Å². The van der Waals surface area contributed by atoms with Crippen molar-refractivity contribution >= 4 is 23.5 Å². The minimum Gasteiger partial charge on any atom is -0.461 e. The van der Waals surface area contributed by atoms with Gasteiger partial charge in [0, 0.05) is 82.3 Å². The maximum absolute atomic E-state index is 14.1. The normalized spacial score (nSPS) is 48.0. The monoisotopic (exact) mass is 682 g/mol. The SMILES string of the molecule is CCN1C[C@@]2(COC(=O)c3ccccc3N3C(=O)C[C@@H](C)C3=O)CC[C@@H](OC)[C@]34[C@@H]5C[C@H]6[C@H](OC)[C@@H]5[C@@](O)(C[C@@H]6OC)[C@](O)([C@H]13)[C@@H](OC)[C@H]24. The molecule has 1 aromatic carbocycles. The molecule has 7 aliphatic rings. The molecule has 49 heavy (non-hydrogen) atoms. The lowest BCUT2D eigenvalue weighted by Crippen LogP contribution is -2.82. The van der Waals surface area contributed by atoms with Gasteiger partial charge in [0.2, 0.25) is 11.8 Å². The number of amides is 2. The Labute approximate surface area is 287 Å². The predicted molar refractivity (Wildman–Crippen MR) is 174 cm³/mol. The lowest BCUT2D eigenvalue weighted by molar-refractivity contribution is -0.320. The van der Waals surface area contributed by atoms with Crippen LogP contribution in [-0.2, 0) is 33.3 Å². The number of hydrogen-bond acceptors (Lipinski definition) is 11. The third kappa shape index (κ3) is 3.86. The quantitative estimate of drug-likeness (QED) is 0.292. The van der Waals surface area contributed by atoms with Crippen molar-refractivity contribution in [3.05, 3.63) is 29.8 Å². The summed E-state index contributed by atoms with van der Waals surface area (Å²) in [5.41, 5.74) is -4.17. The Morgan fingerprint density at radius 2 is 1.80 bits per heavy atom. The second-order valence-electron chi connectivity index (χ2n) is 16.0. The molecule has 1 spiro atoms. The van der Waals surface area contributed by atoms with E-state index in [9.17, 15) is 24.6 Å². The number of nitrogens with zero attached hydrogens (tertiary/aromatic N) is 2. The van der Waals surface area contributed by atoms with Gasteiger partial charge < -0.3 is 33.9 Å². The van der Waals surface area contributed by atoms with Crippen molar-refractivity contribution in [2.45, 2.75) is 87.6 Å². The molecule has 12 heteroatoms. The van der Waals surface area contributed by atoms with Crippen LogP contribution >= 0.6 is 0 Å². The largest absolute Gasteiger partial charge is 0.461 e. The minimum absolute atomic E-state index is 0.0358. The summed E-state index contributed by atoms with van der Waals surface area (Å²) in [5.74, 6) is -2.47. The number of esters is 1. The summed E-state index contributed by atoms with van der Waals surface area (Å²) in [4.78, 5) is 43.3. The first kappa shape index (κ1) is 33.7. The van der Waals surface area contributed by atoms with Gasteiger partial charge in [-0.2, -0.15) is 0 Å². The van der Waals surface area contributed by atoms with Crippen LogP contribution in [0.25, 0.3) is 0 Å². The van der Waals surface area contributed by atoms with Crippen LogP contribution in [0.4, 0.5) is 5.69 Å². The van der Waals surface area contributed by atoms with Crippen molar-refractivity contribution in [1.82, 2.24) is 4.90 Å². The summed E-state index contributed by atoms with van der Waals surface area (Å²) < 4.78 is 31.4. The summed E-state index contributed by atoms with van der Waals surface area (Å²) >= 11 is 0. The average Bonchev–Trinajstić information content (AvgIpc) is 3.63. The number of carbonyl (C=O) groups excluding carboxylic acids is 3. The van der Waals surface area contributed by atoms with E-state index in [1.807, 2.05) is 0 Å². The van der Waals surface area contributed by atoms with Gasteiger partial charge >= 0.3 is 5.97 Å². The molecular weight excluding hydrogens is 632 g/mol. The number of likely N-dealkylation sites (tertiary alicyclic amines) is 1. The number of para-hydroxylation sites is 1. The fraction of sp³-hybridized carbons (Fsp3) is 0.757. The molecule has 0 radical (unpaired) electrons. The fourth-order valence-electron chi connectivity index (χ4n) is 13.2. The van der Waals surface area contributed by atoms with Crippen LogP contribution in [-0.4, -0.2) is 123 Å². The third-order valence-corrected chi connectivity index (χ3v) is 14.5. The van der Waals surface area contributed by atoms with E-state index in [1.54, 1.807) is 59.6 Å². The number of methoxy groups -OCH3 is 4. The summed E-state index contributed by atoms with van der Waals surface area (Å²) in [5, 5.41) is 26.6. The minimum atomic E-state index is -1.70. The van der Waals surface area contributed by atoms with Crippen LogP contribution in [0.1, 0.15) is 56.3 Å². The third-order valence-electron chi connectivity index (χ3n) is 14.5. The Kier molecular flexibility index (Phi) is 7.75. The number of hydrogen-bond donors (Lipinski definition) is 2. The molecule has 2 heterocycles. The summed E-state index contributed by atoms with van der Waals surface area (Å²) in [6, 6.07) is 6.12. The number of fused-ring (bicyclic) bond motifs is 2. The highest BCUT2D eigenvalue weighted by Gasteiger charge is 2.91. The van der Waals surface area contributed by atoms with Crippen molar-refractivity contribution in [3.8, 4) is 0 Å². The smallest absolute Gasteiger partial charge is 0.340 e. The number of imide groups is 1. The van der Waals surface area contributed by atoms with Gasteiger partial charge in [-0.05, 0) is 43.9 Å². The van der Waals surface area contributed by atoms with E-state index in [2.05, 4.69) is 11.8 Å². The Balaban J connectivity index is 1.23. The molecule has 0 aromatic heterocycles. The number of anilines is 1. The Hall–Kier alpha value is -2.45. The van der Waals surface area contributed by atoms with Gasteiger partial charge in [-0.1, -0.05) is 26.0 Å². The molecule has 268 valence electrons. The van der Waals surface area contributed by atoms with E-state index in [0.717, 1.165) is 11.3 Å². The zero-order valence-corrected chi connectivity index (χ0v) is 29.3. The molecule has 7 fully saturated rings. The van der Waals surface area contributed by atoms with Crippen LogP contribution in [0, 0.1) is 40.4 Å². The van der Waals surface area contributed by atoms with E-state index in [4.69, 9.17) is 23.7 Å². The first-order chi connectivity index (χ1) is 23.4. The van der Waals surface area contributed by atoms with Crippen molar-refractivity contribution in [3.63, 3.8) is 0 Å². The number of piperidine rings is 1. The second kappa shape index (κ2) is 11.3. The Morgan fingerprint density at radius 3 is 2.43 bits per heavy atom. The highest BCUT2D eigenvalue weighted by molar-refractivity contribution is 6.22. The van der Waals surface area contributed by atoms with E-state index in [1.165, 1.54) is 0 Å². The molecule has 2 amide bonds. The maximum atomic E-state index is 14.1. The molecule has 2 aliphatic heterocycles. The Bertz CT molecular complexity index is 1560. The molecule has 1 aromatic rings. The van der Waals surface area contributed by atoms with Gasteiger partial charge in [0.15, 0.2) is 0 Å². The average molecular weight is 683 g/mol. The van der Waals surface area contributed by atoms with Gasteiger partial charge in [-0.25, -0.2) is 9.69 Å². The number of carbonyl (C=O) groups is 3.